The highest BCUT2D eigenvalue weighted by Gasteiger charge is 2.36. The fourth-order valence-corrected chi connectivity index (χ4v) is 3.53. The molecule has 1 aromatic heterocycles. The predicted molar refractivity (Wildman–Crippen MR) is 76.9 cm³/mol. The van der Waals surface area contributed by atoms with Gasteiger partial charge in [0, 0.05) is 24.4 Å². The van der Waals surface area contributed by atoms with Gasteiger partial charge >= 0.3 is 5.97 Å². The molecule has 0 aromatic carbocycles. The van der Waals surface area contributed by atoms with Crippen molar-refractivity contribution in [3.63, 3.8) is 0 Å². The number of rotatable bonds is 3. The third-order valence-corrected chi connectivity index (χ3v) is 4.66. The first-order valence-corrected chi connectivity index (χ1v) is 7.68. The zero-order valence-corrected chi connectivity index (χ0v) is 12.5. The van der Waals surface area contributed by atoms with Crippen LogP contribution < -0.4 is 5.32 Å². The van der Waals surface area contributed by atoms with E-state index in [9.17, 15) is 14.4 Å². The van der Waals surface area contributed by atoms with Crippen molar-refractivity contribution < 1.29 is 23.9 Å². The van der Waals surface area contributed by atoms with Gasteiger partial charge in [-0.15, -0.1) is 0 Å². The first kappa shape index (κ1) is 14.8. The SMILES string of the molecule is Cc1c(C(=O)N[C@@H]2CCC[C@@H]2C(=O)O)oc2c1C(=O)CCC2. The topological polar surface area (TPSA) is 96.6 Å². The summed E-state index contributed by atoms with van der Waals surface area (Å²) in [7, 11) is 0. The second-order valence-electron chi connectivity index (χ2n) is 6.09. The van der Waals surface area contributed by atoms with Crippen LogP contribution in [0.1, 0.15) is 64.3 Å². The van der Waals surface area contributed by atoms with E-state index in [-0.39, 0.29) is 17.6 Å². The monoisotopic (exact) mass is 305 g/mol. The molecule has 1 amide bonds. The van der Waals surface area contributed by atoms with Gasteiger partial charge in [0.15, 0.2) is 11.5 Å². The number of hydrogen-bond acceptors (Lipinski definition) is 4. The van der Waals surface area contributed by atoms with Crippen LogP contribution in [0.4, 0.5) is 0 Å². The lowest BCUT2D eigenvalue weighted by Crippen LogP contribution is -2.40. The van der Waals surface area contributed by atoms with E-state index in [1.165, 1.54) is 0 Å². The van der Waals surface area contributed by atoms with Gasteiger partial charge in [-0.25, -0.2) is 0 Å². The Balaban J connectivity index is 1.81. The first-order chi connectivity index (χ1) is 10.5. The number of furan rings is 1. The van der Waals surface area contributed by atoms with E-state index in [1.807, 2.05) is 0 Å². The Morgan fingerprint density at radius 3 is 2.68 bits per heavy atom. The van der Waals surface area contributed by atoms with E-state index in [4.69, 9.17) is 9.52 Å². The Morgan fingerprint density at radius 2 is 2.00 bits per heavy atom. The average molecular weight is 305 g/mol. The number of amides is 1. The number of carbonyl (C=O) groups is 3. The lowest BCUT2D eigenvalue weighted by molar-refractivity contribution is -0.142. The molecule has 3 rings (SSSR count). The number of carbonyl (C=O) groups excluding carboxylic acids is 2. The van der Waals surface area contributed by atoms with Gasteiger partial charge in [-0.2, -0.15) is 0 Å². The van der Waals surface area contributed by atoms with Crippen molar-refractivity contribution in [2.75, 3.05) is 0 Å². The molecule has 118 valence electrons. The maximum atomic E-state index is 12.4. The number of fused-ring (bicyclic) bond motifs is 1. The van der Waals surface area contributed by atoms with Crippen LogP contribution in [0.5, 0.6) is 0 Å². The number of nitrogens with one attached hydrogen (secondary N) is 1. The minimum absolute atomic E-state index is 0.0193. The van der Waals surface area contributed by atoms with Crippen molar-refractivity contribution in [3.8, 4) is 0 Å². The van der Waals surface area contributed by atoms with E-state index >= 15 is 0 Å². The predicted octanol–water partition coefficient (Wildman–Crippen LogP) is 2.09. The molecule has 0 bridgehead atoms. The van der Waals surface area contributed by atoms with Gasteiger partial charge in [0.2, 0.25) is 0 Å². The largest absolute Gasteiger partial charge is 0.481 e. The van der Waals surface area contributed by atoms with Crippen molar-refractivity contribution in [1.82, 2.24) is 5.32 Å². The van der Waals surface area contributed by atoms with Crippen LogP contribution in [0, 0.1) is 12.8 Å². The second-order valence-corrected chi connectivity index (χ2v) is 6.09. The molecule has 1 aromatic rings. The lowest BCUT2D eigenvalue weighted by Gasteiger charge is -2.16. The van der Waals surface area contributed by atoms with Gasteiger partial charge in [-0.3, -0.25) is 14.4 Å². The standard InChI is InChI=1S/C16H19NO5/c1-8-13-11(18)6-3-7-12(13)22-14(8)15(19)17-10-5-2-4-9(10)16(20)21/h9-10H,2-7H2,1H3,(H,17,19)(H,20,21)/t9-,10+/m0/s1. The summed E-state index contributed by atoms with van der Waals surface area (Å²) < 4.78 is 5.59. The lowest BCUT2D eigenvalue weighted by atomic mass is 9.94. The molecule has 6 nitrogen and oxygen atoms in total. The molecule has 6 heteroatoms. The molecule has 2 atom stereocenters. The minimum Gasteiger partial charge on any atom is -0.481 e. The normalized spacial score (nSPS) is 24.1. The molecule has 1 heterocycles. The van der Waals surface area contributed by atoms with Crippen molar-refractivity contribution >= 4 is 17.7 Å². The Hall–Kier alpha value is -2.11. The summed E-state index contributed by atoms with van der Waals surface area (Å²) >= 11 is 0. The van der Waals surface area contributed by atoms with E-state index in [0.717, 1.165) is 12.8 Å². The van der Waals surface area contributed by atoms with E-state index in [2.05, 4.69) is 5.32 Å². The van der Waals surface area contributed by atoms with Crippen LogP contribution >= 0.6 is 0 Å². The van der Waals surface area contributed by atoms with Crippen LogP contribution in [-0.4, -0.2) is 28.8 Å². The summed E-state index contributed by atoms with van der Waals surface area (Å²) in [5.74, 6) is -1.09. The van der Waals surface area contributed by atoms with Crippen LogP contribution in [0.2, 0.25) is 0 Å². The second kappa shape index (κ2) is 5.59. The highest BCUT2D eigenvalue weighted by molar-refractivity contribution is 6.03. The molecule has 0 unspecified atom stereocenters. The summed E-state index contributed by atoms with van der Waals surface area (Å²) in [5, 5.41) is 11.9. The molecule has 1 saturated carbocycles. The maximum Gasteiger partial charge on any atom is 0.308 e. The Morgan fingerprint density at radius 1 is 1.23 bits per heavy atom. The summed E-state index contributed by atoms with van der Waals surface area (Å²) in [6.07, 6.45) is 3.90. The van der Waals surface area contributed by atoms with Crippen molar-refractivity contribution in [3.05, 3.63) is 22.6 Å². The third kappa shape index (κ3) is 2.42. The quantitative estimate of drug-likeness (QED) is 0.891. The molecule has 22 heavy (non-hydrogen) atoms. The maximum absolute atomic E-state index is 12.4. The third-order valence-electron chi connectivity index (χ3n) is 4.66. The van der Waals surface area contributed by atoms with Gasteiger partial charge in [0.25, 0.3) is 5.91 Å². The number of hydrogen-bond donors (Lipinski definition) is 2. The minimum atomic E-state index is -0.881. The highest BCUT2D eigenvalue weighted by atomic mass is 16.4. The van der Waals surface area contributed by atoms with Crippen molar-refractivity contribution in [1.29, 1.82) is 0 Å². The number of aliphatic carboxylic acids is 1. The highest BCUT2D eigenvalue weighted by Crippen LogP contribution is 2.30. The summed E-state index contributed by atoms with van der Waals surface area (Å²) in [6.45, 7) is 1.71. The molecular formula is C16H19NO5. The van der Waals surface area contributed by atoms with Gasteiger partial charge in [0.1, 0.15) is 5.76 Å². The fraction of sp³-hybridized carbons (Fsp3) is 0.562. The van der Waals surface area contributed by atoms with Crippen molar-refractivity contribution in [2.24, 2.45) is 5.92 Å². The Bertz CT molecular complexity index is 645. The number of aryl methyl sites for hydroxylation is 1. The van der Waals surface area contributed by atoms with Gasteiger partial charge in [-0.1, -0.05) is 6.42 Å². The first-order valence-electron chi connectivity index (χ1n) is 7.68. The van der Waals surface area contributed by atoms with Gasteiger partial charge in [-0.05, 0) is 26.2 Å². The Kier molecular flexibility index (Phi) is 3.76. The van der Waals surface area contributed by atoms with Crippen LogP contribution in [-0.2, 0) is 11.2 Å². The van der Waals surface area contributed by atoms with E-state index in [0.29, 0.717) is 42.6 Å². The van der Waals surface area contributed by atoms with Crippen LogP contribution in [0.3, 0.4) is 0 Å². The molecule has 2 N–H and O–H groups in total. The summed E-state index contributed by atoms with van der Waals surface area (Å²) in [6, 6.07) is -0.373. The zero-order chi connectivity index (χ0) is 15.9. The molecule has 1 fully saturated rings. The fourth-order valence-electron chi connectivity index (χ4n) is 3.53. The molecule has 2 aliphatic rings. The number of ketones is 1. The molecular weight excluding hydrogens is 286 g/mol. The van der Waals surface area contributed by atoms with E-state index < -0.39 is 17.8 Å². The zero-order valence-electron chi connectivity index (χ0n) is 12.5. The van der Waals surface area contributed by atoms with Crippen molar-refractivity contribution in [2.45, 2.75) is 51.5 Å². The summed E-state index contributed by atoms with van der Waals surface area (Å²) in [5.41, 5.74) is 1.11. The molecule has 0 spiro atoms. The number of carboxylic acids is 1. The smallest absolute Gasteiger partial charge is 0.308 e. The van der Waals surface area contributed by atoms with E-state index in [1.54, 1.807) is 6.92 Å². The molecule has 0 saturated heterocycles. The molecule has 2 aliphatic carbocycles. The number of Topliss-reactive ketones (excluding diaryl/α,β-unsaturated/α-hetero) is 1. The van der Waals surface area contributed by atoms with Crippen LogP contribution in [0.25, 0.3) is 0 Å². The molecule has 0 aliphatic heterocycles. The Labute approximate surface area is 127 Å². The number of carboxylic acid groups (broad SMARTS) is 1. The van der Waals surface area contributed by atoms with Gasteiger partial charge in [0.05, 0.1) is 11.5 Å². The van der Waals surface area contributed by atoms with Gasteiger partial charge < -0.3 is 14.8 Å². The molecule has 0 radical (unpaired) electrons. The van der Waals surface area contributed by atoms with Crippen LogP contribution in [0.15, 0.2) is 4.42 Å². The summed E-state index contributed by atoms with van der Waals surface area (Å²) in [4.78, 5) is 35.5. The average Bonchev–Trinajstić information content (AvgIpc) is 3.04.